The molecule has 2 aromatic carbocycles. The van der Waals surface area contributed by atoms with Gasteiger partial charge in [-0.25, -0.2) is 4.39 Å². The lowest BCUT2D eigenvalue weighted by molar-refractivity contribution is -0.132. The minimum Gasteiger partial charge on any atom is -0.484 e. The molecule has 0 aliphatic heterocycles. The van der Waals surface area contributed by atoms with Crippen LogP contribution >= 0.6 is 0 Å². The third-order valence-corrected chi connectivity index (χ3v) is 3.01. The van der Waals surface area contributed by atoms with Crippen molar-refractivity contribution in [2.24, 2.45) is 0 Å². The second-order valence-corrected chi connectivity index (χ2v) is 4.70. The number of carbonyl (C=O) groups excluding carboxylic acids is 1. The van der Waals surface area contributed by atoms with E-state index in [-0.39, 0.29) is 24.9 Å². The molecule has 0 atom stereocenters. The van der Waals surface area contributed by atoms with Gasteiger partial charge in [-0.05, 0) is 18.2 Å². The molecule has 2 N–H and O–H groups in total. The Labute approximate surface area is 122 Å². The molecule has 0 fully saturated rings. The average Bonchev–Trinajstić information content (AvgIpc) is 2.47. The van der Waals surface area contributed by atoms with Gasteiger partial charge in [0.2, 0.25) is 0 Å². The molecular weight excluding hydrogens is 271 g/mol. The fraction of sp³-hybridized carbons (Fsp3) is 0.188. The van der Waals surface area contributed by atoms with Crippen LogP contribution in [-0.2, 0) is 11.3 Å². The lowest BCUT2D eigenvalue weighted by atomic mass is 10.2. The molecule has 5 heteroatoms. The van der Waals surface area contributed by atoms with Gasteiger partial charge in [-0.2, -0.15) is 0 Å². The Kier molecular flexibility index (Phi) is 4.77. The number of hydrogen-bond acceptors (Lipinski definition) is 3. The molecule has 0 heterocycles. The molecule has 0 saturated heterocycles. The molecule has 0 radical (unpaired) electrons. The molecular formula is C16H17FN2O2. The number of carbonyl (C=O) groups is 1. The summed E-state index contributed by atoms with van der Waals surface area (Å²) in [6, 6.07) is 13.2. The molecule has 1 amide bonds. The summed E-state index contributed by atoms with van der Waals surface area (Å²) in [6.45, 7) is 0.0835. The number of nitrogens with two attached hydrogens (primary N) is 1. The molecule has 0 aliphatic carbocycles. The monoisotopic (exact) mass is 288 g/mol. The van der Waals surface area contributed by atoms with Crippen molar-refractivity contribution >= 4 is 11.6 Å². The van der Waals surface area contributed by atoms with Crippen molar-refractivity contribution in [3.8, 4) is 5.75 Å². The zero-order valence-electron chi connectivity index (χ0n) is 11.8. The van der Waals surface area contributed by atoms with Crippen LogP contribution in [0, 0.1) is 5.82 Å². The zero-order valence-corrected chi connectivity index (χ0v) is 11.8. The van der Waals surface area contributed by atoms with Crippen molar-refractivity contribution in [3.05, 3.63) is 59.9 Å². The minimum absolute atomic E-state index is 0.117. The predicted molar refractivity (Wildman–Crippen MR) is 79.2 cm³/mol. The molecule has 0 spiro atoms. The quantitative estimate of drug-likeness (QED) is 0.860. The van der Waals surface area contributed by atoms with Crippen LogP contribution in [0.2, 0.25) is 0 Å². The first-order valence-electron chi connectivity index (χ1n) is 6.52. The van der Waals surface area contributed by atoms with Gasteiger partial charge in [0.25, 0.3) is 5.91 Å². The molecule has 110 valence electrons. The normalized spacial score (nSPS) is 10.2. The van der Waals surface area contributed by atoms with Gasteiger partial charge in [0.1, 0.15) is 11.6 Å². The maximum atomic E-state index is 13.5. The Balaban J connectivity index is 1.90. The van der Waals surface area contributed by atoms with Crippen LogP contribution in [0.15, 0.2) is 48.5 Å². The largest absolute Gasteiger partial charge is 0.484 e. The molecule has 0 aliphatic rings. The Bertz CT molecular complexity index is 631. The summed E-state index contributed by atoms with van der Waals surface area (Å²) >= 11 is 0. The summed E-state index contributed by atoms with van der Waals surface area (Å²) < 4.78 is 18.9. The van der Waals surface area contributed by atoms with Crippen molar-refractivity contribution < 1.29 is 13.9 Å². The molecule has 0 aromatic heterocycles. The standard InChI is InChI=1S/C16H17FN2O2/c1-19(10-12-5-2-3-8-15(12)17)16(20)11-21-14-7-4-6-13(18)9-14/h2-9H,10-11,18H2,1H3. The van der Waals surface area contributed by atoms with Gasteiger partial charge >= 0.3 is 0 Å². The number of likely N-dealkylation sites (N-methyl/N-ethyl adjacent to an activating group) is 1. The highest BCUT2D eigenvalue weighted by atomic mass is 19.1. The minimum atomic E-state index is -0.325. The topological polar surface area (TPSA) is 55.6 Å². The lowest BCUT2D eigenvalue weighted by Gasteiger charge is -2.18. The zero-order chi connectivity index (χ0) is 15.2. The van der Waals surface area contributed by atoms with E-state index in [0.717, 1.165) is 0 Å². The van der Waals surface area contributed by atoms with Gasteiger partial charge in [-0.1, -0.05) is 24.3 Å². The van der Waals surface area contributed by atoms with Gasteiger partial charge in [-0.15, -0.1) is 0 Å². The lowest BCUT2D eigenvalue weighted by Crippen LogP contribution is -2.31. The number of ether oxygens (including phenoxy) is 1. The molecule has 0 bridgehead atoms. The number of hydrogen-bond donors (Lipinski definition) is 1. The van der Waals surface area contributed by atoms with Crippen molar-refractivity contribution in [1.29, 1.82) is 0 Å². The highest BCUT2D eigenvalue weighted by Gasteiger charge is 2.12. The van der Waals surface area contributed by atoms with Crippen LogP contribution in [0.1, 0.15) is 5.56 Å². The smallest absolute Gasteiger partial charge is 0.260 e. The number of anilines is 1. The van der Waals surface area contributed by atoms with E-state index < -0.39 is 0 Å². The van der Waals surface area contributed by atoms with Gasteiger partial charge in [0.05, 0.1) is 0 Å². The van der Waals surface area contributed by atoms with Gasteiger partial charge in [0, 0.05) is 30.9 Å². The van der Waals surface area contributed by atoms with Crippen LogP contribution in [-0.4, -0.2) is 24.5 Å². The van der Waals surface area contributed by atoms with E-state index in [9.17, 15) is 9.18 Å². The molecule has 2 rings (SSSR count). The van der Waals surface area contributed by atoms with Crippen LogP contribution in [0.3, 0.4) is 0 Å². The first-order valence-corrected chi connectivity index (χ1v) is 6.52. The summed E-state index contributed by atoms with van der Waals surface area (Å²) in [6.07, 6.45) is 0. The third-order valence-electron chi connectivity index (χ3n) is 3.01. The summed E-state index contributed by atoms with van der Waals surface area (Å²) in [5.41, 5.74) is 6.67. The summed E-state index contributed by atoms with van der Waals surface area (Å²) in [5.74, 6) is -0.0304. The van der Waals surface area contributed by atoms with Gasteiger partial charge < -0.3 is 15.4 Å². The molecule has 2 aromatic rings. The molecule has 21 heavy (non-hydrogen) atoms. The van der Waals surface area contributed by atoms with E-state index in [2.05, 4.69) is 0 Å². The fourth-order valence-electron chi connectivity index (χ4n) is 1.83. The number of nitrogens with zero attached hydrogens (tertiary/aromatic N) is 1. The summed E-state index contributed by atoms with van der Waals surface area (Å²) in [7, 11) is 1.61. The Hall–Kier alpha value is -2.56. The van der Waals surface area contributed by atoms with Gasteiger partial charge in [-0.3, -0.25) is 4.79 Å². The van der Waals surface area contributed by atoms with Crippen LogP contribution in [0.25, 0.3) is 0 Å². The number of benzene rings is 2. The Morgan fingerprint density at radius 1 is 1.24 bits per heavy atom. The summed E-state index contributed by atoms with van der Waals surface area (Å²) in [5, 5.41) is 0. The van der Waals surface area contributed by atoms with Crippen molar-refractivity contribution in [2.45, 2.75) is 6.54 Å². The average molecular weight is 288 g/mol. The highest BCUT2D eigenvalue weighted by Crippen LogP contribution is 2.14. The second kappa shape index (κ2) is 6.74. The number of rotatable bonds is 5. The summed E-state index contributed by atoms with van der Waals surface area (Å²) in [4.78, 5) is 13.4. The molecule has 0 unspecified atom stereocenters. The Morgan fingerprint density at radius 2 is 2.00 bits per heavy atom. The molecule has 0 saturated carbocycles. The number of nitrogen functional groups attached to an aromatic ring is 1. The second-order valence-electron chi connectivity index (χ2n) is 4.70. The first kappa shape index (κ1) is 14.8. The van der Waals surface area contributed by atoms with Crippen molar-refractivity contribution in [2.75, 3.05) is 19.4 Å². The maximum Gasteiger partial charge on any atom is 0.260 e. The fourth-order valence-corrected chi connectivity index (χ4v) is 1.83. The number of halogens is 1. The van der Waals surface area contributed by atoms with E-state index in [1.165, 1.54) is 11.0 Å². The third kappa shape index (κ3) is 4.21. The van der Waals surface area contributed by atoms with E-state index in [0.29, 0.717) is 17.0 Å². The first-order chi connectivity index (χ1) is 10.1. The van der Waals surface area contributed by atoms with Crippen LogP contribution in [0.5, 0.6) is 5.75 Å². The van der Waals surface area contributed by atoms with E-state index >= 15 is 0 Å². The number of amides is 1. The molecule has 4 nitrogen and oxygen atoms in total. The maximum absolute atomic E-state index is 13.5. The van der Waals surface area contributed by atoms with Crippen molar-refractivity contribution in [1.82, 2.24) is 4.90 Å². The van der Waals surface area contributed by atoms with E-state index in [4.69, 9.17) is 10.5 Å². The highest BCUT2D eigenvalue weighted by molar-refractivity contribution is 5.77. The van der Waals surface area contributed by atoms with Crippen LogP contribution < -0.4 is 10.5 Å². The van der Waals surface area contributed by atoms with Gasteiger partial charge in [0.15, 0.2) is 6.61 Å². The predicted octanol–water partition coefficient (Wildman–Crippen LogP) is 2.45. The SMILES string of the molecule is CN(Cc1ccccc1F)C(=O)COc1cccc(N)c1. The van der Waals surface area contributed by atoms with Crippen LogP contribution in [0.4, 0.5) is 10.1 Å². The Morgan fingerprint density at radius 3 is 2.71 bits per heavy atom. The van der Waals surface area contributed by atoms with E-state index in [1.54, 1.807) is 49.5 Å². The van der Waals surface area contributed by atoms with Crippen molar-refractivity contribution in [3.63, 3.8) is 0 Å². The van der Waals surface area contributed by atoms with E-state index in [1.807, 2.05) is 0 Å².